The van der Waals surface area contributed by atoms with E-state index in [1.807, 2.05) is 48.5 Å². The number of hydrogen-bond acceptors (Lipinski definition) is 1. The van der Waals surface area contributed by atoms with E-state index in [4.69, 9.17) is 5.73 Å². The van der Waals surface area contributed by atoms with Gasteiger partial charge < -0.3 is 5.73 Å². The molecule has 2 nitrogen and oxygen atoms in total. The molecule has 0 bridgehead atoms. The van der Waals surface area contributed by atoms with Gasteiger partial charge in [0.05, 0.1) is 11.1 Å². The molecule has 0 aliphatic rings. The fourth-order valence-corrected chi connectivity index (χ4v) is 2.03. The number of aromatic nitrogens is 1. The van der Waals surface area contributed by atoms with Crippen molar-refractivity contribution in [2.24, 2.45) is 0 Å². The Bertz CT molecular complexity index is 660. The van der Waals surface area contributed by atoms with Crippen molar-refractivity contribution >= 4 is 16.6 Å². The lowest BCUT2D eigenvalue weighted by Crippen LogP contribution is -2.09. The molecule has 3 aromatic rings. The first-order valence-electron chi connectivity index (χ1n) is 5.60. The molecule has 0 fully saturated rings. The van der Waals surface area contributed by atoms with E-state index in [-0.39, 0.29) is 0 Å². The van der Waals surface area contributed by atoms with Crippen LogP contribution in [0.15, 0.2) is 60.7 Å². The largest absolute Gasteiger partial charge is 0.398 e. The van der Waals surface area contributed by atoms with Crippen LogP contribution in [0.5, 0.6) is 0 Å². The van der Waals surface area contributed by atoms with Gasteiger partial charge in [-0.2, -0.15) is 0 Å². The van der Waals surface area contributed by atoms with Gasteiger partial charge in [-0.3, -0.25) is 0 Å². The van der Waals surface area contributed by atoms with E-state index in [9.17, 15) is 0 Å². The number of nitrogens with two attached hydrogens (primary N) is 1. The van der Waals surface area contributed by atoms with Crippen LogP contribution in [0, 0.1) is 0 Å². The SMILES string of the molecule is Nc1cc(-c2ccccc2)[nH+]c2ccccc12. The highest BCUT2D eigenvalue weighted by Gasteiger charge is 2.10. The minimum atomic E-state index is 0.804. The summed E-state index contributed by atoms with van der Waals surface area (Å²) in [6, 6.07) is 20.2. The van der Waals surface area contributed by atoms with Crippen LogP contribution < -0.4 is 10.7 Å². The number of aromatic amines is 1. The lowest BCUT2D eigenvalue weighted by Gasteiger charge is -2.00. The summed E-state index contributed by atoms with van der Waals surface area (Å²) in [5.41, 5.74) is 10.1. The van der Waals surface area contributed by atoms with Crippen molar-refractivity contribution in [3.05, 3.63) is 60.7 Å². The average molecular weight is 221 g/mol. The van der Waals surface area contributed by atoms with Crippen LogP contribution >= 0.6 is 0 Å². The van der Waals surface area contributed by atoms with Crippen molar-refractivity contribution in [3.63, 3.8) is 0 Å². The molecule has 0 saturated carbocycles. The molecule has 17 heavy (non-hydrogen) atoms. The number of rotatable bonds is 1. The van der Waals surface area contributed by atoms with E-state index in [0.29, 0.717) is 0 Å². The average Bonchev–Trinajstić information content (AvgIpc) is 2.40. The molecule has 3 N–H and O–H groups in total. The molecule has 2 heteroatoms. The predicted octanol–water partition coefficient (Wildman–Crippen LogP) is 2.90. The number of benzene rings is 2. The standard InChI is InChI=1S/C15H12N2/c16-13-10-15(11-6-2-1-3-7-11)17-14-9-5-4-8-12(13)14/h1-10H,(H2,16,17)/p+1. The first kappa shape index (κ1) is 9.85. The molecule has 3 rings (SSSR count). The summed E-state index contributed by atoms with van der Waals surface area (Å²) in [5.74, 6) is 0. The maximum atomic E-state index is 6.07. The fraction of sp³-hybridized carbons (Fsp3) is 0. The molecule has 0 amide bonds. The molecular formula is C15H13N2+. The highest BCUT2D eigenvalue weighted by Crippen LogP contribution is 2.22. The quantitative estimate of drug-likeness (QED) is 0.674. The number of fused-ring (bicyclic) bond motifs is 1. The predicted molar refractivity (Wildman–Crippen MR) is 70.4 cm³/mol. The maximum Gasteiger partial charge on any atom is 0.213 e. The van der Waals surface area contributed by atoms with Crippen LogP contribution in [0.4, 0.5) is 5.69 Å². The first-order chi connectivity index (χ1) is 8.34. The summed E-state index contributed by atoms with van der Waals surface area (Å²) in [5, 5.41) is 1.06. The fourth-order valence-electron chi connectivity index (χ4n) is 2.03. The van der Waals surface area contributed by atoms with Gasteiger partial charge in [0.2, 0.25) is 11.2 Å². The van der Waals surface area contributed by atoms with Crippen LogP contribution in [-0.4, -0.2) is 0 Å². The molecule has 1 aromatic heterocycles. The second kappa shape index (κ2) is 3.91. The van der Waals surface area contributed by atoms with Gasteiger partial charge in [-0.05, 0) is 18.2 Å². The van der Waals surface area contributed by atoms with Crippen molar-refractivity contribution in [3.8, 4) is 11.3 Å². The summed E-state index contributed by atoms with van der Waals surface area (Å²) in [6.07, 6.45) is 0. The topological polar surface area (TPSA) is 40.2 Å². The van der Waals surface area contributed by atoms with Crippen molar-refractivity contribution < 1.29 is 4.98 Å². The number of pyridine rings is 1. The minimum absolute atomic E-state index is 0.804. The molecule has 82 valence electrons. The van der Waals surface area contributed by atoms with Gasteiger partial charge in [-0.1, -0.05) is 30.3 Å². The number of hydrogen-bond donors (Lipinski definition) is 1. The highest BCUT2D eigenvalue weighted by atomic mass is 14.7. The molecule has 1 heterocycles. The van der Waals surface area contributed by atoms with Crippen LogP contribution in [-0.2, 0) is 0 Å². The van der Waals surface area contributed by atoms with E-state index in [2.05, 4.69) is 17.1 Å². The number of anilines is 1. The summed E-state index contributed by atoms with van der Waals surface area (Å²) in [4.78, 5) is 3.40. The van der Waals surface area contributed by atoms with Gasteiger partial charge in [-0.15, -0.1) is 0 Å². The van der Waals surface area contributed by atoms with Crippen LogP contribution in [0.2, 0.25) is 0 Å². The molecule has 0 atom stereocenters. The van der Waals surface area contributed by atoms with E-state index in [1.165, 1.54) is 0 Å². The first-order valence-corrected chi connectivity index (χ1v) is 5.60. The summed E-state index contributed by atoms with van der Waals surface area (Å²) < 4.78 is 0. The van der Waals surface area contributed by atoms with Crippen LogP contribution in [0.25, 0.3) is 22.2 Å². The zero-order valence-electron chi connectivity index (χ0n) is 9.35. The van der Waals surface area contributed by atoms with Crippen LogP contribution in [0.1, 0.15) is 0 Å². The monoisotopic (exact) mass is 221 g/mol. The van der Waals surface area contributed by atoms with Crippen LogP contribution in [0.3, 0.4) is 0 Å². The molecular weight excluding hydrogens is 208 g/mol. The number of para-hydroxylation sites is 1. The Hall–Kier alpha value is -2.35. The van der Waals surface area contributed by atoms with Gasteiger partial charge >= 0.3 is 0 Å². The third-order valence-electron chi connectivity index (χ3n) is 2.89. The van der Waals surface area contributed by atoms with E-state index < -0.39 is 0 Å². The minimum Gasteiger partial charge on any atom is -0.398 e. The molecule has 0 saturated heterocycles. The van der Waals surface area contributed by atoms with Crippen molar-refractivity contribution in [1.82, 2.24) is 0 Å². The highest BCUT2D eigenvalue weighted by molar-refractivity contribution is 5.89. The zero-order chi connectivity index (χ0) is 11.7. The van der Waals surface area contributed by atoms with Gasteiger partial charge in [-0.25, -0.2) is 4.98 Å². The third-order valence-corrected chi connectivity index (χ3v) is 2.89. The Morgan fingerprint density at radius 3 is 2.35 bits per heavy atom. The second-order valence-corrected chi connectivity index (χ2v) is 4.05. The Labute approximate surface area is 99.7 Å². The molecule has 0 spiro atoms. The number of H-pyrrole nitrogens is 1. The lowest BCUT2D eigenvalue weighted by molar-refractivity contribution is -0.330. The van der Waals surface area contributed by atoms with Crippen molar-refractivity contribution in [1.29, 1.82) is 0 Å². The summed E-state index contributed by atoms with van der Waals surface area (Å²) in [7, 11) is 0. The van der Waals surface area contributed by atoms with E-state index >= 15 is 0 Å². The molecule has 0 unspecified atom stereocenters. The second-order valence-electron chi connectivity index (χ2n) is 4.05. The van der Waals surface area contributed by atoms with Crippen molar-refractivity contribution in [2.75, 3.05) is 5.73 Å². The van der Waals surface area contributed by atoms with E-state index in [0.717, 1.165) is 27.8 Å². The van der Waals surface area contributed by atoms with Gasteiger partial charge in [0, 0.05) is 17.7 Å². The Kier molecular flexibility index (Phi) is 2.26. The van der Waals surface area contributed by atoms with Gasteiger partial charge in [0.1, 0.15) is 0 Å². The third kappa shape index (κ3) is 1.74. The molecule has 0 radical (unpaired) electrons. The summed E-state index contributed by atoms with van der Waals surface area (Å²) in [6.45, 7) is 0. The van der Waals surface area contributed by atoms with E-state index in [1.54, 1.807) is 0 Å². The van der Waals surface area contributed by atoms with Gasteiger partial charge in [0.15, 0.2) is 0 Å². The van der Waals surface area contributed by atoms with Gasteiger partial charge in [0.25, 0.3) is 0 Å². The van der Waals surface area contributed by atoms with Crippen molar-refractivity contribution in [2.45, 2.75) is 0 Å². The number of nitrogens with one attached hydrogen (secondary N) is 1. The normalized spacial score (nSPS) is 10.6. The Balaban J connectivity index is 2.26. The molecule has 2 aromatic carbocycles. The maximum absolute atomic E-state index is 6.07. The lowest BCUT2D eigenvalue weighted by atomic mass is 10.1. The zero-order valence-corrected chi connectivity index (χ0v) is 9.35. The number of nitrogen functional groups attached to an aromatic ring is 1. The molecule has 0 aliphatic carbocycles. The Morgan fingerprint density at radius 1 is 0.824 bits per heavy atom. The molecule has 0 aliphatic heterocycles. The smallest absolute Gasteiger partial charge is 0.213 e. The summed E-state index contributed by atoms with van der Waals surface area (Å²) >= 11 is 0. The Morgan fingerprint density at radius 2 is 1.53 bits per heavy atom.